The average molecular weight is 280 g/mol. The molecule has 0 saturated carbocycles. The standard InChI is InChI=1S/C11H8N2O5S/c14-11(15)8-3-4-9(13(16)17)10(12-8)18-6-7-2-1-5-19-7/h1-5H,6H2,(H,14,15). The molecule has 0 aliphatic rings. The van der Waals surface area contributed by atoms with Gasteiger partial charge < -0.3 is 9.84 Å². The van der Waals surface area contributed by atoms with E-state index in [0.717, 1.165) is 17.0 Å². The third kappa shape index (κ3) is 3.05. The Bertz CT molecular complexity index is 612. The number of carboxylic acid groups (broad SMARTS) is 1. The summed E-state index contributed by atoms with van der Waals surface area (Å²) in [4.78, 5) is 25.4. The fourth-order valence-electron chi connectivity index (χ4n) is 1.33. The molecule has 1 N–H and O–H groups in total. The van der Waals surface area contributed by atoms with Crippen molar-refractivity contribution in [3.63, 3.8) is 0 Å². The molecule has 0 saturated heterocycles. The molecule has 0 aliphatic heterocycles. The number of pyridine rings is 1. The number of aromatic carboxylic acids is 1. The second-order valence-corrected chi connectivity index (χ2v) is 4.48. The van der Waals surface area contributed by atoms with Gasteiger partial charge >= 0.3 is 11.7 Å². The van der Waals surface area contributed by atoms with E-state index >= 15 is 0 Å². The largest absolute Gasteiger partial charge is 0.477 e. The molecule has 7 nitrogen and oxygen atoms in total. The molecule has 2 heterocycles. The summed E-state index contributed by atoms with van der Waals surface area (Å²) in [5.41, 5.74) is -0.659. The van der Waals surface area contributed by atoms with Gasteiger partial charge in [0.15, 0.2) is 5.69 Å². The van der Waals surface area contributed by atoms with Crippen LogP contribution in [0.15, 0.2) is 29.6 Å². The van der Waals surface area contributed by atoms with Crippen LogP contribution in [0, 0.1) is 10.1 Å². The van der Waals surface area contributed by atoms with Gasteiger partial charge in [0, 0.05) is 10.9 Å². The van der Waals surface area contributed by atoms with Crippen molar-refractivity contribution < 1.29 is 19.6 Å². The van der Waals surface area contributed by atoms with Crippen LogP contribution in [0.5, 0.6) is 5.88 Å². The van der Waals surface area contributed by atoms with Crippen LogP contribution >= 0.6 is 11.3 Å². The number of nitrogens with zero attached hydrogens (tertiary/aromatic N) is 2. The number of carboxylic acids is 1. The smallest absolute Gasteiger partial charge is 0.354 e. The number of carbonyl (C=O) groups is 1. The maximum absolute atomic E-state index is 10.8. The van der Waals surface area contributed by atoms with Crippen LogP contribution in [-0.4, -0.2) is 21.0 Å². The Morgan fingerprint density at radius 2 is 2.26 bits per heavy atom. The summed E-state index contributed by atoms with van der Waals surface area (Å²) < 4.78 is 5.23. The predicted octanol–water partition coefficient (Wildman–Crippen LogP) is 2.33. The van der Waals surface area contributed by atoms with Crippen molar-refractivity contribution in [1.29, 1.82) is 0 Å². The Morgan fingerprint density at radius 1 is 1.47 bits per heavy atom. The highest BCUT2D eigenvalue weighted by molar-refractivity contribution is 7.09. The third-order valence-electron chi connectivity index (χ3n) is 2.19. The first-order valence-corrected chi connectivity index (χ1v) is 6.00. The van der Waals surface area contributed by atoms with E-state index in [4.69, 9.17) is 9.84 Å². The summed E-state index contributed by atoms with van der Waals surface area (Å²) in [5, 5.41) is 21.5. The Labute approximate surface area is 111 Å². The summed E-state index contributed by atoms with van der Waals surface area (Å²) in [6.45, 7) is 0.106. The van der Waals surface area contributed by atoms with Gasteiger partial charge in [0.25, 0.3) is 5.88 Å². The fourth-order valence-corrected chi connectivity index (χ4v) is 1.95. The van der Waals surface area contributed by atoms with Crippen molar-refractivity contribution in [3.8, 4) is 5.88 Å². The highest BCUT2D eigenvalue weighted by atomic mass is 32.1. The van der Waals surface area contributed by atoms with Crippen LogP contribution in [-0.2, 0) is 6.61 Å². The van der Waals surface area contributed by atoms with E-state index in [2.05, 4.69) is 4.98 Å². The lowest BCUT2D eigenvalue weighted by molar-refractivity contribution is -0.386. The van der Waals surface area contributed by atoms with Gasteiger partial charge in [-0.05, 0) is 17.5 Å². The van der Waals surface area contributed by atoms with Crippen LogP contribution in [0.2, 0.25) is 0 Å². The van der Waals surface area contributed by atoms with E-state index in [1.54, 1.807) is 6.07 Å². The van der Waals surface area contributed by atoms with Crippen LogP contribution in [0.3, 0.4) is 0 Å². The molecule has 0 amide bonds. The Morgan fingerprint density at radius 3 is 2.84 bits per heavy atom. The topological polar surface area (TPSA) is 103 Å². The van der Waals surface area contributed by atoms with Crippen molar-refractivity contribution in [2.24, 2.45) is 0 Å². The van der Waals surface area contributed by atoms with Gasteiger partial charge in [-0.3, -0.25) is 10.1 Å². The van der Waals surface area contributed by atoms with Gasteiger partial charge in [0.1, 0.15) is 6.61 Å². The molecule has 98 valence electrons. The Kier molecular flexibility index (Phi) is 3.71. The molecule has 0 bridgehead atoms. The highest BCUT2D eigenvalue weighted by Crippen LogP contribution is 2.26. The van der Waals surface area contributed by atoms with Crippen LogP contribution < -0.4 is 4.74 Å². The first-order valence-electron chi connectivity index (χ1n) is 5.12. The summed E-state index contributed by atoms with van der Waals surface area (Å²) in [6.07, 6.45) is 0. The van der Waals surface area contributed by atoms with Crippen molar-refractivity contribution in [1.82, 2.24) is 4.98 Å². The van der Waals surface area contributed by atoms with Gasteiger partial charge in [-0.15, -0.1) is 11.3 Å². The number of hydrogen-bond donors (Lipinski definition) is 1. The van der Waals surface area contributed by atoms with Crippen molar-refractivity contribution in [2.75, 3.05) is 0 Å². The Balaban J connectivity index is 2.27. The van der Waals surface area contributed by atoms with Crippen molar-refractivity contribution in [2.45, 2.75) is 6.61 Å². The van der Waals surface area contributed by atoms with Crippen LogP contribution in [0.4, 0.5) is 5.69 Å². The minimum Gasteiger partial charge on any atom is -0.477 e. The second kappa shape index (κ2) is 5.44. The maximum atomic E-state index is 10.8. The van der Waals surface area contributed by atoms with E-state index in [0.29, 0.717) is 0 Å². The molecular formula is C11H8N2O5S. The third-order valence-corrected chi connectivity index (χ3v) is 3.04. The molecule has 0 atom stereocenters. The molecule has 2 rings (SSSR count). The molecule has 0 unspecified atom stereocenters. The van der Waals surface area contributed by atoms with E-state index in [1.165, 1.54) is 11.3 Å². The normalized spacial score (nSPS) is 10.1. The molecule has 19 heavy (non-hydrogen) atoms. The molecule has 2 aromatic heterocycles. The molecule has 0 fully saturated rings. The van der Waals surface area contributed by atoms with Crippen LogP contribution in [0.25, 0.3) is 0 Å². The first kappa shape index (κ1) is 13.0. The molecular weight excluding hydrogens is 272 g/mol. The summed E-state index contributed by atoms with van der Waals surface area (Å²) in [6, 6.07) is 5.76. The van der Waals surface area contributed by atoms with E-state index in [-0.39, 0.29) is 23.9 Å². The highest BCUT2D eigenvalue weighted by Gasteiger charge is 2.20. The zero-order valence-corrected chi connectivity index (χ0v) is 10.3. The lowest BCUT2D eigenvalue weighted by Gasteiger charge is -2.05. The van der Waals surface area contributed by atoms with E-state index in [9.17, 15) is 14.9 Å². The molecule has 0 aromatic carbocycles. The predicted molar refractivity (Wildman–Crippen MR) is 66.5 cm³/mol. The summed E-state index contributed by atoms with van der Waals surface area (Å²) in [5.74, 6) is -1.56. The lowest BCUT2D eigenvalue weighted by Crippen LogP contribution is -2.05. The lowest BCUT2D eigenvalue weighted by atomic mass is 10.3. The summed E-state index contributed by atoms with van der Waals surface area (Å²) >= 11 is 1.43. The zero-order chi connectivity index (χ0) is 13.8. The van der Waals surface area contributed by atoms with Gasteiger partial charge in [-0.1, -0.05) is 6.07 Å². The molecule has 0 spiro atoms. The zero-order valence-electron chi connectivity index (χ0n) is 9.48. The average Bonchev–Trinajstić information content (AvgIpc) is 2.88. The Hall–Kier alpha value is -2.48. The van der Waals surface area contributed by atoms with Gasteiger partial charge in [0.05, 0.1) is 4.92 Å². The molecule has 8 heteroatoms. The minimum absolute atomic E-state index is 0.106. The number of aromatic nitrogens is 1. The van der Waals surface area contributed by atoms with Gasteiger partial charge in [-0.2, -0.15) is 0 Å². The second-order valence-electron chi connectivity index (χ2n) is 3.45. The van der Waals surface area contributed by atoms with Crippen LogP contribution in [0.1, 0.15) is 15.4 Å². The molecule has 2 aromatic rings. The monoisotopic (exact) mass is 280 g/mol. The number of rotatable bonds is 5. The molecule has 0 aliphatic carbocycles. The molecule has 0 radical (unpaired) electrons. The van der Waals surface area contributed by atoms with Crippen molar-refractivity contribution >= 4 is 23.0 Å². The number of ether oxygens (including phenoxy) is 1. The summed E-state index contributed by atoms with van der Waals surface area (Å²) in [7, 11) is 0. The number of thiophene rings is 1. The van der Waals surface area contributed by atoms with E-state index in [1.807, 2.05) is 11.4 Å². The fraction of sp³-hybridized carbons (Fsp3) is 0.0909. The first-order chi connectivity index (χ1) is 9.08. The number of nitro groups is 1. The van der Waals surface area contributed by atoms with E-state index < -0.39 is 10.9 Å². The van der Waals surface area contributed by atoms with Gasteiger partial charge in [-0.25, -0.2) is 9.78 Å². The maximum Gasteiger partial charge on any atom is 0.354 e. The van der Waals surface area contributed by atoms with Gasteiger partial charge in [0.2, 0.25) is 0 Å². The SMILES string of the molecule is O=C(O)c1ccc([N+](=O)[O-])c(OCc2cccs2)n1. The minimum atomic E-state index is -1.27. The van der Waals surface area contributed by atoms with Crippen molar-refractivity contribution in [3.05, 3.63) is 50.3 Å². The number of hydrogen-bond acceptors (Lipinski definition) is 6. The quantitative estimate of drug-likeness (QED) is 0.666.